The van der Waals surface area contributed by atoms with Crippen LogP contribution in [0.15, 0.2) is 17.2 Å². The van der Waals surface area contributed by atoms with Crippen molar-refractivity contribution in [3.63, 3.8) is 0 Å². The lowest BCUT2D eigenvalue weighted by Gasteiger charge is -2.04. The fourth-order valence-electron chi connectivity index (χ4n) is 1.20. The van der Waals surface area contributed by atoms with Crippen molar-refractivity contribution in [3.05, 3.63) is 27.8 Å². The van der Waals surface area contributed by atoms with E-state index < -0.39 is 28.2 Å². The van der Waals surface area contributed by atoms with Crippen LogP contribution >= 0.6 is 0 Å². The molecule has 4 N–H and O–H groups in total. The normalized spacial score (nSPS) is 10.2. The summed E-state index contributed by atoms with van der Waals surface area (Å²) >= 11 is 0. The number of carbonyl (C=O) groups excluding carboxylic acids is 2. The van der Waals surface area contributed by atoms with E-state index in [0.29, 0.717) is 0 Å². The molecular formula is C10H10N4O6. The molecule has 2 amide bonds. The van der Waals surface area contributed by atoms with Gasteiger partial charge in [-0.3, -0.25) is 19.7 Å². The Hall–Kier alpha value is -3.17. The highest BCUT2D eigenvalue weighted by atomic mass is 16.6. The first-order valence-electron chi connectivity index (χ1n) is 5.05. The van der Waals surface area contributed by atoms with Crippen molar-refractivity contribution >= 4 is 23.7 Å². The summed E-state index contributed by atoms with van der Waals surface area (Å²) in [6, 6.07) is 2.26. The lowest BCUT2D eigenvalue weighted by molar-refractivity contribution is -0.386. The minimum atomic E-state index is -1.23. The van der Waals surface area contributed by atoms with Gasteiger partial charge in [-0.2, -0.15) is 5.10 Å². The van der Waals surface area contributed by atoms with Gasteiger partial charge in [0, 0.05) is 11.6 Å². The number of rotatable bonds is 4. The van der Waals surface area contributed by atoms with Crippen LogP contribution in [0.4, 0.5) is 5.69 Å². The molecule has 0 bridgehead atoms. The van der Waals surface area contributed by atoms with Gasteiger partial charge in [0.2, 0.25) is 5.75 Å². The Morgan fingerprint density at radius 3 is 2.70 bits per heavy atom. The fourth-order valence-corrected chi connectivity index (χ4v) is 1.20. The van der Waals surface area contributed by atoms with Crippen LogP contribution in [0.1, 0.15) is 5.56 Å². The van der Waals surface area contributed by atoms with Gasteiger partial charge in [0.15, 0.2) is 5.75 Å². The number of amides is 2. The molecule has 0 saturated heterocycles. The number of nitro groups is 1. The van der Waals surface area contributed by atoms with E-state index in [9.17, 15) is 24.8 Å². The van der Waals surface area contributed by atoms with Crippen LogP contribution in [0.5, 0.6) is 11.5 Å². The number of nitrogens with one attached hydrogen (secondary N) is 1. The second-order valence-electron chi connectivity index (χ2n) is 3.41. The van der Waals surface area contributed by atoms with Gasteiger partial charge in [-0.25, -0.2) is 5.43 Å². The van der Waals surface area contributed by atoms with Crippen LogP contribution in [-0.2, 0) is 9.59 Å². The number of aromatic hydroxyl groups is 1. The summed E-state index contributed by atoms with van der Waals surface area (Å²) in [5.74, 6) is -3.13. The van der Waals surface area contributed by atoms with Crippen LogP contribution in [0.2, 0.25) is 0 Å². The Bertz CT molecular complexity index is 598. The van der Waals surface area contributed by atoms with Gasteiger partial charge >= 0.3 is 17.5 Å². The zero-order valence-electron chi connectivity index (χ0n) is 10.2. The van der Waals surface area contributed by atoms with Crippen molar-refractivity contribution in [2.45, 2.75) is 0 Å². The summed E-state index contributed by atoms with van der Waals surface area (Å²) in [6.45, 7) is 0. The number of nitrogens with zero attached hydrogens (tertiary/aromatic N) is 2. The topological polar surface area (TPSA) is 157 Å². The van der Waals surface area contributed by atoms with Gasteiger partial charge in [0.25, 0.3) is 0 Å². The first kappa shape index (κ1) is 14.9. The highest BCUT2D eigenvalue weighted by molar-refractivity contribution is 6.34. The third-order valence-electron chi connectivity index (χ3n) is 2.10. The molecule has 1 aromatic carbocycles. The van der Waals surface area contributed by atoms with E-state index in [1.807, 2.05) is 5.43 Å². The molecule has 0 atom stereocenters. The summed E-state index contributed by atoms with van der Waals surface area (Å²) in [7, 11) is 1.22. The number of carbonyl (C=O) groups is 2. The number of nitrogens with two attached hydrogens (primary N) is 1. The molecule has 10 heteroatoms. The van der Waals surface area contributed by atoms with E-state index in [-0.39, 0.29) is 11.3 Å². The van der Waals surface area contributed by atoms with Gasteiger partial charge in [-0.1, -0.05) is 0 Å². The smallest absolute Gasteiger partial charge is 0.329 e. The van der Waals surface area contributed by atoms with Gasteiger partial charge in [0.05, 0.1) is 18.2 Å². The van der Waals surface area contributed by atoms with Crippen molar-refractivity contribution in [2.75, 3.05) is 7.11 Å². The minimum Gasteiger partial charge on any atom is -0.500 e. The molecule has 10 nitrogen and oxygen atoms in total. The van der Waals surface area contributed by atoms with E-state index in [1.54, 1.807) is 0 Å². The fraction of sp³-hybridized carbons (Fsp3) is 0.100. The first-order valence-corrected chi connectivity index (χ1v) is 5.05. The number of phenols is 1. The number of primary amides is 1. The lowest BCUT2D eigenvalue weighted by atomic mass is 10.2. The SMILES string of the molecule is COc1cc(C=NNC(=O)C(N)=O)cc([N+](=O)[O-])c1O. The molecule has 0 heterocycles. The van der Waals surface area contributed by atoms with Crippen LogP contribution < -0.4 is 15.9 Å². The number of phenolic OH excluding ortho intramolecular Hbond substituents is 1. The highest BCUT2D eigenvalue weighted by Gasteiger charge is 2.19. The van der Waals surface area contributed by atoms with Crippen LogP contribution in [-0.4, -0.2) is 35.2 Å². The maximum atomic E-state index is 10.8. The third-order valence-corrected chi connectivity index (χ3v) is 2.10. The molecule has 0 saturated carbocycles. The van der Waals surface area contributed by atoms with Crippen LogP contribution in [0.3, 0.4) is 0 Å². The molecule has 1 aromatic rings. The van der Waals surface area contributed by atoms with E-state index >= 15 is 0 Å². The van der Waals surface area contributed by atoms with Gasteiger partial charge in [-0.05, 0) is 6.07 Å². The van der Waals surface area contributed by atoms with Crippen molar-refractivity contribution in [1.82, 2.24) is 5.43 Å². The van der Waals surface area contributed by atoms with E-state index in [2.05, 4.69) is 10.8 Å². The number of nitro benzene ring substituents is 1. The second kappa shape index (κ2) is 6.13. The van der Waals surface area contributed by atoms with Crippen molar-refractivity contribution in [1.29, 1.82) is 0 Å². The first-order chi connectivity index (χ1) is 9.36. The van der Waals surface area contributed by atoms with Crippen molar-refractivity contribution in [2.24, 2.45) is 10.8 Å². The summed E-state index contributed by atoms with van der Waals surface area (Å²) < 4.78 is 4.76. The zero-order chi connectivity index (χ0) is 15.3. The molecule has 0 aliphatic carbocycles. The quantitative estimate of drug-likeness (QED) is 0.285. The maximum Gasteiger partial charge on any atom is 0.329 e. The Kier molecular flexibility index (Phi) is 4.56. The second-order valence-corrected chi connectivity index (χ2v) is 3.41. The maximum absolute atomic E-state index is 10.8. The Balaban J connectivity index is 3.04. The predicted octanol–water partition coefficient (Wildman–Crippen LogP) is -0.756. The number of benzene rings is 1. The van der Waals surface area contributed by atoms with Gasteiger partial charge < -0.3 is 15.6 Å². The summed E-state index contributed by atoms with van der Waals surface area (Å²) in [4.78, 5) is 31.2. The largest absolute Gasteiger partial charge is 0.500 e. The van der Waals surface area contributed by atoms with Crippen LogP contribution in [0, 0.1) is 10.1 Å². The van der Waals surface area contributed by atoms with Gasteiger partial charge in [0.1, 0.15) is 0 Å². The molecule has 0 unspecified atom stereocenters. The van der Waals surface area contributed by atoms with E-state index in [4.69, 9.17) is 4.74 Å². The standard InChI is InChI=1S/C10H10N4O6/c1-20-7-3-5(2-6(8(7)15)14(18)19)4-12-13-10(17)9(11)16/h2-4,15H,1H3,(H2,11,16)(H,13,17). The Morgan fingerprint density at radius 1 is 1.55 bits per heavy atom. The molecule has 1 rings (SSSR count). The molecule has 0 fully saturated rings. The summed E-state index contributed by atoms with van der Waals surface area (Å²) in [6.07, 6.45) is 1.02. The average molecular weight is 282 g/mol. The van der Waals surface area contributed by atoms with Crippen LogP contribution in [0.25, 0.3) is 0 Å². The molecule has 106 valence electrons. The number of ether oxygens (including phenoxy) is 1. The molecular weight excluding hydrogens is 272 g/mol. The number of hydrogen-bond donors (Lipinski definition) is 3. The molecule has 0 radical (unpaired) electrons. The molecule has 0 aliphatic rings. The molecule has 0 aromatic heterocycles. The van der Waals surface area contributed by atoms with Crippen molar-refractivity contribution < 1.29 is 24.4 Å². The lowest BCUT2D eigenvalue weighted by Crippen LogP contribution is -2.32. The minimum absolute atomic E-state index is 0.137. The predicted molar refractivity (Wildman–Crippen MR) is 66.2 cm³/mol. The zero-order valence-corrected chi connectivity index (χ0v) is 10.2. The number of methoxy groups -OCH3 is 1. The molecule has 0 aliphatic heterocycles. The highest BCUT2D eigenvalue weighted by Crippen LogP contribution is 2.36. The summed E-state index contributed by atoms with van der Waals surface area (Å²) in [5, 5.41) is 23.6. The summed E-state index contributed by atoms with van der Waals surface area (Å²) in [5.41, 5.74) is 6.06. The third kappa shape index (κ3) is 3.41. The van der Waals surface area contributed by atoms with Gasteiger partial charge in [-0.15, -0.1) is 0 Å². The van der Waals surface area contributed by atoms with E-state index in [1.165, 1.54) is 13.2 Å². The van der Waals surface area contributed by atoms with E-state index in [0.717, 1.165) is 12.3 Å². The molecule has 20 heavy (non-hydrogen) atoms. The van der Waals surface area contributed by atoms with Crippen molar-refractivity contribution in [3.8, 4) is 11.5 Å². The molecule has 0 spiro atoms. The number of hydrogen-bond acceptors (Lipinski definition) is 7. The monoisotopic (exact) mass is 282 g/mol. The Labute approximate surface area is 112 Å². The average Bonchev–Trinajstić information content (AvgIpc) is 2.39. The number of hydrazone groups is 1. The Morgan fingerprint density at radius 2 is 2.20 bits per heavy atom.